The Balaban J connectivity index is 2.10. The fourth-order valence-corrected chi connectivity index (χ4v) is 1.92. The Morgan fingerprint density at radius 3 is 2.33 bits per heavy atom. The number of hydrogen-bond donors (Lipinski definition) is 2. The first kappa shape index (κ1) is 14.9. The first-order valence-corrected chi connectivity index (χ1v) is 6.48. The highest BCUT2D eigenvalue weighted by Crippen LogP contribution is 2.31. The molecule has 2 aromatic carbocycles. The second kappa shape index (κ2) is 6.76. The summed E-state index contributed by atoms with van der Waals surface area (Å²) in [7, 11) is 1.58. The maximum atomic E-state index is 10.6. The Morgan fingerprint density at radius 1 is 1.14 bits per heavy atom. The summed E-state index contributed by atoms with van der Waals surface area (Å²) in [6.45, 7) is 0. The molecule has 0 bridgehead atoms. The van der Waals surface area contributed by atoms with Gasteiger partial charge in [-0.3, -0.25) is 4.79 Å². The van der Waals surface area contributed by atoms with Gasteiger partial charge in [-0.05, 0) is 29.8 Å². The summed E-state index contributed by atoms with van der Waals surface area (Å²) in [6, 6.07) is 13.8. The van der Waals surface area contributed by atoms with E-state index in [-0.39, 0.29) is 6.42 Å². The van der Waals surface area contributed by atoms with E-state index in [2.05, 4.69) is 0 Å². The number of carboxylic acids is 1. The van der Waals surface area contributed by atoms with E-state index in [9.17, 15) is 4.79 Å². The van der Waals surface area contributed by atoms with Crippen LogP contribution in [0, 0.1) is 0 Å². The van der Waals surface area contributed by atoms with E-state index in [1.165, 1.54) is 0 Å². The molecular weight excluding hydrogens is 270 g/mol. The van der Waals surface area contributed by atoms with Crippen molar-refractivity contribution in [1.82, 2.24) is 0 Å². The molecule has 0 aromatic heterocycles. The van der Waals surface area contributed by atoms with E-state index in [4.69, 9.17) is 20.3 Å². The van der Waals surface area contributed by atoms with Crippen molar-refractivity contribution in [3.8, 4) is 17.2 Å². The van der Waals surface area contributed by atoms with Crippen molar-refractivity contribution >= 4 is 5.97 Å². The molecule has 21 heavy (non-hydrogen) atoms. The number of benzene rings is 2. The summed E-state index contributed by atoms with van der Waals surface area (Å²) >= 11 is 0. The molecule has 2 aromatic rings. The van der Waals surface area contributed by atoms with E-state index in [1.54, 1.807) is 31.4 Å². The van der Waals surface area contributed by atoms with Gasteiger partial charge in [-0.25, -0.2) is 0 Å². The van der Waals surface area contributed by atoms with Crippen molar-refractivity contribution in [2.24, 2.45) is 5.73 Å². The van der Waals surface area contributed by atoms with Crippen LogP contribution in [0.1, 0.15) is 18.0 Å². The van der Waals surface area contributed by atoms with E-state index < -0.39 is 12.0 Å². The smallest absolute Gasteiger partial charge is 0.305 e. The highest BCUT2D eigenvalue weighted by atomic mass is 16.5. The molecule has 0 spiro atoms. The molecule has 0 heterocycles. The number of rotatable bonds is 6. The molecule has 110 valence electrons. The highest BCUT2D eigenvalue weighted by molar-refractivity contribution is 5.67. The lowest BCUT2D eigenvalue weighted by atomic mass is 10.0. The van der Waals surface area contributed by atoms with Gasteiger partial charge in [-0.2, -0.15) is 0 Å². The number of methoxy groups -OCH3 is 1. The maximum Gasteiger partial charge on any atom is 0.305 e. The number of nitrogens with two attached hydrogens (primary N) is 1. The summed E-state index contributed by atoms with van der Waals surface area (Å²) in [5.41, 5.74) is 6.56. The Labute approximate surface area is 122 Å². The molecule has 0 saturated carbocycles. The van der Waals surface area contributed by atoms with Crippen molar-refractivity contribution in [1.29, 1.82) is 0 Å². The SMILES string of the molecule is COc1ccccc1Oc1ccc(C(N)CC(=O)O)cc1. The van der Waals surface area contributed by atoms with Gasteiger partial charge in [0, 0.05) is 6.04 Å². The van der Waals surface area contributed by atoms with Gasteiger partial charge in [0.05, 0.1) is 13.5 Å². The van der Waals surface area contributed by atoms with Crippen LogP contribution in [-0.2, 0) is 4.79 Å². The molecule has 5 heteroatoms. The van der Waals surface area contributed by atoms with Crippen molar-refractivity contribution in [3.63, 3.8) is 0 Å². The van der Waals surface area contributed by atoms with Crippen LogP contribution in [0.5, 0.6) is 17.2 Å². The molecule has 5 nitrogen and oxygen atoms in total. The molecule has 0 saturated heterocycles. The monoisotopic (exact) mass is 287 g/mol. The summed E-state index contributed by atoms with van der Waals surface area (Å²) in [6.07, 6.45) is -0.104. The van der Waals surface area contributed by atoms with E-state index in [1.807, 2.05) is 24.3 Å². The van der Waals surface area contributed by atoms with Gasteiger partial charge in [-0.1, -0.05) is 24.3 Å². The minimum absolute atomic E-state index is 0.104. The van der Waals surface area contributed by atoms with Crippen LogP contribution in [0.15, 0.2) is 48.5 Å². The number of hydrogen-bond acceptors (Lipinski definition) is 4. The number of carboxylic acid groups (broad SMARTS) is 1. The fraction of sp³-hybridized carbons (Fsp3) is 0.188. The zero-order valence-corrected chi connectivity index (χ0v) is 11.7. The third-order valence-electron chi connectivity index (χ3n) is 3.00. The zero-order chi connectivity index (χ0) is 15.2. The lowest BCUT2D eigenvalue weighted by molar-refractivity contribution is -0.137. The quantitative estimate of drug-likeness (QED) is 0.853. The molecule has 0 radical (unpaired) electrons. The molecule has 0 fully saturated rings. The lowest BCUT2D eigenvalue weighted by Crippen LogP contribution is -2.14. The van der Waals surface area contributed by atoms with Crippen LogP contribution in [-0.4, -0.2) is 18.2 Å². The first-order valence-electron chi connectivity index (χ1n) is 6.48. The number of para-hydroxylation sites is 2. The van der Waals surface area contributed by atoms with Crippen LogP contribution < -0.4 is 15.2 Å². The van der Waals surface area contributed by atoms with Gasteiger partial charge in [0.15, 0.2) is 11.5 Å². The van der Waals surface area contributed by atoms with Crippen LogP contribution >= 0.6 is 0 Å². The topological polar surface area (TPSA) is 81.8 Å². The molecule has 0 aliphatic carbocycles. The van der Waals surface area contributed by atoms with E-state index in [0.717, 1.165) is 5.56 Å². The predicted octanol–water partition coefficient (Wildman–Crippen LogP) is 2.96. The Hall–Kier alpha value is -2.53. The summed E-state index contributed by atoms with van der Waals surface area (Å²) in [4.78, 5) is 10.6. The molecule has 2 rings (SSSR count). The van der Waals surface area contributed by atoms with Crippen molar-refractivity contribution in [2.45, 2.75) is 12.5 Å². The zero-order valence-electron chi connectivity index (χ0n) is 11.7. The molecular formula is C16H17NO4. The number of carbonyl (C=O) groups is 1. The molecule has 1 atom stereocenters. The van der Waals surface area contributed by atoms with Crippen LogP contribution in [0.25, 0.3) is 0 Å². The average molecular weight is 287 g/mol. The van der Waals surface area contributed by atoms with Gasteiger partial charge >= 0.3 is 5.97 Å². The molecule has 3 N–H and O–H groups in total. The minimum Gasteiger partial charge on any atom is -0.493 e. The maximum absolute atomic E-state index is 10.6. The van der Waals surface area contributed by atoms with Crippen molar-refractivity contribution < 1.29 is 19.4 Å². The van der Waals surface area contributed by atoms with Gasteiger partial charge < -0.3 is 20.3 Å². The molecule has 0 aliphatic heterocycles. The Kier molecular flexibility index (Phi) is 4.79. The van der Waals surface area contributed by atoms with Gasteiger partial charge in [0.25, 0.3) is 0 Å². The average Bonchev–Trinajstić information content (AvgIpc) is 2.48. The predicted molar refractivity (Wildman–Crippen MR) is 78.7 cm³/mol. The van der Waals surface area contributed by atoms with Crippen molar-refractivity contribution in [3.05, 3.63) is 54.1 Å². The third-order valence-corrected chi connectivity index (χ3v) is 3.00. The summed E-state index contributed by atoms with van der Waals surface area (Å²) in [5.74, 6) is 0.967. The molecule has 1 unspecified atom stereocenters. The second-order valence-corrected chi connectivity index (χ2v) is 4.53. The lowest BCUT2D eigenvalue weighted by Gasteiger charge is -2.12. The van der Waals surface area contributed by atoms with Gasteiger partial charge in [-0.15, -0.1) is 0 Å². The summed E-state index contributed by atoms with van der Waals surface area (Å²) in [5, 5.41) is 8.73. The largest absolute Gasteiger partial charge is 0.493 e. The third kappa shape index (κ3) is 3.97. The first-order chi connectivity index (χ1) is 10.1. The summed E-state index contributed by atoms with van der Waals surface area (Å²) < 4.78 is 10.9. The second-order valence-electron chi connectivity index (χ2n) is 4.53. The van der Waals surface area contributed by atoms with Gasteiger partial charge in [0.1, 0.15) is 5.75 Å². The van der Waals surface area contributed by atoms with Gasteiger partial charge in [0.2, 0.25) is 0 Å². The normalized spacial score (nSPS) is 11.7. The Bertz CT molecular complexity index is 610. The number of ether oxygens (including phenoxy) is 2. The highest BCUT2D eigenvalue weighted by Gasteiger charge is 2.11. The van der Waals surface area contributed by atoms with Crippen LogP contribution in [0.3, 0.4) is 0 Å². The van der Waals surface area contributed by atoms with Crippen LogP contribution in [0.4, 0.5) is 0 Å². The van der Waals surface area contributed by atoms with Crippen LogP contribution in [0.2, 0.25) is 0 Å². The minimum atomic E-state index is -0.920. The van der Waals surface area contributed by atoms with E-state index in [0.29, 0.717) is 17.2 Å². The Morgan fingerprint density at radius 2 is 1.76 bits per heavy atom. The molecule has 0 aliphatic rings. The number of aliphatic carboxylic acids is 1. The molecule has 0 amide bonds. The standard InChI is InChI=1S/C16H17NO4/c1-20-14-4-2-3-5-15(14)21-12-8-6-11(7-9-12)13(17)10-16(18)19/h2-9,13H,10,17H2,1H3,(H,18,19). The fourth-order valence-electron chi connectivity index (χ4n) is 1.92. The van der Waals surface area contributed by atoms with Crippen molar-refractivity contribution in [2.75, 3.05) is 7.11 Å². The van der Waals surface area contributed by atoms with E-state index >= 15 is 0 Å².